The van der Waals surface area contributed by atoms with Gasteiger partial charge in [0, 0.05) is 16.6 Å². The summed E-state index contributed by atoms with van der Waals surface area (Å²) < 4.78 is 0. The van der Waals surface area contributed by atoms with Gasteiger partial charge in [0.25, 0.3) is 0 Å². The fourth-order valence-corrected chi connectivity index (χ4v) is 2.80. The van der Waals surface area contributed by atoms with Crippen molar-refractivity contribution >= 4 is 33.7 Å². The van der Waals surface area contributed by atoms with E-state index in [1.807, 2.05) is 24.3 Å². The van der Waals surface area contributed by atoms with E-state index in [4.69, 9.17) is 11.6 Å². The van der Waals surface area contributed by atoms with Crippen molar-refractivity contribution in [1.82, 2.24) is 9.97 Å². The Balaban J connectivity index is 2.29. The maximum atomic E-state index is 6.01. The van der Waals surface area contributed by atoms with Crippen LogP contribution in [0.1, 0.15) is 0 Å². The van der Waals surface area contributed by atoms with Gasteiger partial charge in [-0.3, -0.25) is 0 Å². The molecule has 0 saturated heterocycles. The van der Waals surface area contributed by atoms with Crippen molar-refractivity contribution < 1.29 is 0 Å². The highest BCUT2D eigenvalue weighted by Gasteiger charge is 2.07. The van der Waals surface area contributed by atoms with Crippen LogP contribution in [0.4, 0.5) is 0 Å². The zero-order chi connectivity index (χ0) is 11.0. The number of hydrogen-bond donors (Lipinski definition) is 0. The molecule has 3 rings (SSSR count). The molecule has 0 saturated carbocycles. The molecule has 0 spiro atoms. The van der Waals surface area contributed by atoms with E-state index in [0.29, 0.717) is 0 Å². The van der Waals surface area contributed by atoms with Crippen LogP contribution in [-0.2, 0) is 0 Å². The van der Waals surface area contributed by atoms with Crippen molar-refractivity contribution in [2.24, 2.45) is 0 Å². The van der Waals surface area contributed by atoms with Gasteiger partial charge in [-0.15, -0.1) is 11.3 Å². The van der Waals surface area contributed by atoms with Gasteiger partial charge in [0.2, 0.25) is 0 Å². The first-order chi connectivity index (χ1) is 7.84. The molecule has 0 unspecified atom stereocenters. The molecule has 0 atom stereocenters. The van der Waals surface area contributed by atoms with E-state index in [2.05, 4.69) is 15.3 Å². The summed E-state index contributed by atoms with van der Waals surface area (Å²) in [7, 11) is 0. The quantitative estimate of drug-likeness (QED) is 0.648. The third kappa shape index (κ3) is 1.58. The second kappa shape index (κ2) is 3.85. The summed E-state index contributed by atoms with van der Waals surface area (Å²) in [5.41, 5.74) is 0.942. The van der Waals surface area contributed by atoms with E-state index < -0.39 is 0 Å². The monoisotopic (exact) mass is 246 g/mol. The average Bonchev–Trinajstić information content (AvgIpc) is 2.73. The molecule has 0 aliphatic rings. The summed E-state index contributed by atoms with van der Waals surface area (Å²) in [5.74, 6) is 0. The minimum atomic E-state index is 0.751. The Kier molecular flexibility index (Phi) is 2.35. The Bertz CT molecular complexity index is 634. The molecule has 0 aliphatic heterocycles. The molecular formula is C12H7ClN2S. The van der Waals surface area contributed by atoms with Gasteiger partial charge in [-0.25, -0.2) is 9.97 Å². The van der Waals surface area contributed by atoms with Crippen LogP contribution in [0.2, 0.25) is 5.02 Å². The zero-order valence-electron chi connectivity index (χ0n) is 8.22. The molecule has 3 aromatic rings. The van der Waals surface area contributed by atoms with Crippen LogP contribution in [0.3, 0.4) is 0 Å². The van der Waals surface area contributed by atoms with Gasteiger partial charge < -0.3 is 0 Å². The van der Waals surface area contributed by atoms with Gasteiger partial charge in [-0.2, -0.15) is 0 Å². The van der Waals surface area contributed by atoms with Crippen LogP contribution in [0.5, 0.6) is 0 Å². The van der Waals surface area contributed by atoms with Crippen LogP contribution in [0.25, 0.3) is 21.3 Å². The number of aromatic nitrogens is 2. The SMILES string of the molecule is Clc1ccc2csc(-c3ccncn3)c2c1. The van der Waals surface area contributed by atoms with E-state index in [9.17, 15) is 0 Å². The zero-order valence-corrected chi connectivity index (χ0v) is 9.79. The molecule has 0 bridgehead atoms. The molecular weight excluding hydrogens is 240 g/mol. The largest absolute Gasteiger partial charge is 0.245 e. The maximum Gasteiger partial charge on any atom is 0.116 e. The van der Waals surface area contributed by atoms with Crippen LogP contribution in [-0.4, -0.2) is 9.97 Å². The predicted octanol–water partition coefficient (Wildman–Crippen LogP) is 4.01. The predicted molar refractivity (Wildman–Crippen MR) is 67.9 cm³/mol. The number of benzene rings is 1. The van der Waals surface area contributed by atoms with Crippen molar-refractivity contribution in [1.29, 1.82) is 0 Å². The molecule has 0 radical (unpaired) electrons. The summed E-state index contributed by atoms with van der Waals surface area (Å²) >= 11 is 7.68. The van der Waals surface area contributed by atoms with Gasteiger partial charge >= 0.3 is 0 Å². The standard InChI is InChI=1S/C12H7ClN2S/c13-9-2-1-8-6-16-12(10(8)5-9)11-3-4-14-7-15-11/h1-7H. The minimum Gasteiger partial charge on any atom is -0.245 e. The molecule has 0 aliphatic carbocycles. The van der Waals surface area contributed by atoms with E-state index in [1.54, 1.807) is 23.9 Å². The van der Waals surface area contributed by atoms with Crippen molar-refractivity contribution in [3.8, 4) is 10.6 Å². The highest BCUT2D eigenvalue weighted by atomic mass is 35.5. The van der Waals surface area contributed by atoms with E-state index in [-0.39, 0.29) is 0 Å². The molecule has 0 amide bonds. The van der Waals surface area contributed by atoms with Crippen LogP contribution in [0.15, 0.2) is 42.2 Å². The van der Waals surface area contributed by atoms with E-state index in [0.717, 1.165) is 21.0 Å². The van der Waals surface area contributed by atoms with Gasteiger partial charge in [0.1, 0.15) is 6.33 Å². The summed E-state index contributed by atoms with van der Waals surface area (Å²) in [5, 5.41) is 5.21. The van der Waals surface area contributed by atoms with Crippen molar-refractivity contribution in [2.45, 2.75) is 0 Å². The van der Waals surface area contributed by atoms with Crippen LogP contribution < -0.4 is 0 Å². The van der Waals surface area contributed by atoms with Crippen molar-refractivity contribution in [3.05, 3.63) is 47.2 Å². The highest BCUT2D eigenvalue weighted by molar-refractivity contribution is 7.15. The minimum absolute atomic E-state index is 0.751. The number of thiophene rings is 1. The molecule has 16 heavy (non-hydrogen) atoms. The summed E-state index contributed by atoms with van der Waals surface area (Å²) in [4.78, 5) is 9.32. The first-order valence-corrected chi connectivity index (χ1v) is 6.03. The van der Waals surface area contributed by atoms with Gasteiger partial charge in [0.15, 0.2) is 0 Å². The molecule has 0 fully saturated rings. The number of halogens is 1. The fraction of sp³-hybridized carbons (Fsp3) is 0. The molecule has 1 aromatic carbocycles. The Labute approximate surface area is 102 Å². The first kappa shape index (κ1) is 9.75. The Morgan fingerprint density at radius 3 is 2.94 bits per heavy atom. The maximum absolute atomic E-state index is 6.01. The number of nitrogens with zero attached hydrogens (tertiary/aromatic N) is 2. The Hall–Kier alpha value is -1.45. The molecule has 78 valence electrons. The summed E-state index contributed by atoms with van der Waals surface area (Å²) in [6, 6.07) is 7.82. The second-order valence-electron chi connectivity index (χ2n) is 3.39. The smallest absolute Gasteiger partial charge is 0.116 e. The topological polar surface area (TPSA) is 25.8 Å². The normalized spacial score (nSPS) is 10.8. The molecule has 4 heteroatoms. The molecule has 0 N–H and O–H groups in total. The lowest BCUT2D eigenvalue weighted by atomic mass is 10.1. The molecule has 2 nitrogen and oxygen atoms in total. The highest BCUT2D eigenvalue weighted by Crippen LogP contribution is 2.34. The molecule has 2 heterocycles. The lowest BCUT2D eigenvalue weighted by Gasteiger charge is -1.97. The number of rotatable bonds is 1. The third-order valence-corrected chi connectivity index (χ3v) is 3.65. The van der Waals surface area contributed by atoms with Crippen LogP contribution in [0, 0.1) is 0 Å². The lowest BCUT2D eigenvalue weighted by Crippen LogP contribution is -1.80. The van der Waals surface area contributed by atoms with Gasteiger partial charge in [-0.05, 0) is 29.0 Å². The summed E-state index contributed by atoms with van der Waals surface area (Å²) in [6.45, 7) is 0. The summed E-state index contributed by atoms with van der Waals surface area (Å²) in [6.07, 6.45) is 3.31. The van der Waals surface area contributed by atoms with E-state index >= 15 is 0 Å². The number of fused-ring (bicyclic) bond motifs is 1. The third-order valence-electron chi connectivity index (χ3n) is 2.38. The molecule has 2 aromatic heterocycles. The van der Waals surface area contributed by atoms with E-state index in [1.165, 1.54) is 5.39 Å². The van der Waals surface area contributed by atoms with Crippen LogP contribution >= 0.6 is 22.9 Å². The fourth-order valence-electron chi connectivity index (χ4n) is 1.64. The van der Waals surface area contributed by atoms with Crippen molar-refractivity contribution in [3.63, 3.8) is 0 Å². The number of hydrogen-bond acceptors (Lipinski definition) is 3. The lowest BCUT2D eigenvalue weighted by molar-refractivity contribution is 1.18. The second-order valence-corrected chi connectivity index (χ2v) is 4.71. The average molecular weight is 247 g/mol. The van der Waals surface area contributed by atoms with Crippen molar-refractivity contribution in [2.75, 3.05) is 0 Å². The Morgan fingerprint density at radius 1 is 1.19 bits per heavy atom. The first-order valence-electron chi connectivity index (χ1n) is 4.78. The Morgan fingerprint density at radius 2 is 2.12 bits per heavy atom. The van der Waals surface area contributed by atoms with Gasteiger partial charge in [-0.1, -0.05) is 17.7 Å². The van der Waals surface area contributed by atoms with Gasteiger partial charge in [0.05, 0.1) is 10.6 Å².